The van der Waals surface area contributed by atoms with Gasteiger partial charge in [-0.3, -0.25) is 4.79 Å². The van der Waals surface area contributed by atoms with E-state index in [1.165, 1.54) is 0 Å². The highest BCUT2D eigenvalue weighted by Gasteiger charge is 2.52. The fourth-order valence-corrected chi connectivity index (χ4v) is 2.16. The van der Waals surface area contributed by atoms with Crippen LogP contribution in [0.4, 0.5) is 0 Å². The Hall–Kier alpha value is -0.980. The SMILES string of the molecule is CCC1(CC)OC[C@H]([C@H]2OC(=O)C(=O)C2O)O1. The molecular weight excluding hydrogens is 228 g/mol. The Balaban J connectivity index is 2.07. The van der Waals surface area contributed by atoms with Crippen molar-refractivity contribution in [3.63, 3.8) is 0 Å². The van der Waals surface area contributed by atoms with E-state index >= 15 is 0 Å². The molecule has 3 atom stereocenters. The van der Waals surface area contributed by atoms with Crippen molar-refractivity contribution in [1.29, 1.82) is 0 Å². The first-order valence-electron chi connectivity index (χ1n) is 5.77. The molecule has 2 fully saturated rings. The predicted molar refractivity (Wildman–Crippen MR) is 55.0 cm³/mol. The first-order valence-corrected chi connectivity index (χ1v) is 5.77. The standard InChI is InChI=1S/C11H16O6/c1-3-11(4-2)15-5-6(17-11)9-7(12)8(13)10(14)16-9/h6-7,9,12H,3-5H2,1-2H3/t6-,7?,9-/m1/s1. The van der Waals surface area contributed by atoms with Crippen LogP contribution in [0.3, 0.4) is 0 Å². The quantitative estimate of drug-likeness (QED) is 0.545. The summed E-state index contributed by atoms with van der Waals surface area (Å²) >= 11 is 0. The molecule has 2 saturated heterocycles. The van der Waals surface area contributed by atoms with Crippen LogP contribution < -0.4 is 0 Å². The number of aliphatic hydroxyl groups is 1. The molecule has 0 amide bonds. The molecule has 0 radical (unpaired) electrons. The van der Waals surface area contributed by atoms with Crippen molar-refractivity contribution in [2.45, 2.75) is 50.8 Å². The molecule has 96 valence electrons. The van der Waals surface area contributed by atoms with E-state index in [0.717, 1.165) is 0 Å². The van der Waals surface area contributed by atoms with Gasteiger partial charge in [-0.15, -0.1) is 0 Å². The first-order chi connectivity index (χ1) is 8.03. The number of ketones is 1. The van der Waals surface area contributed by atoms with Crippen molar-refractivity contribution in [1.82, 2.24) is 0 Å². The van der Waals surface area contributed by atoms with E-state index < -0.39 is 35.9 Å². The molecule has 0 aromatic heterocycles. The minimum absolute atomic E-state index is 0.212. The zero-order chi connectivity index (χ0) is 12.6. The Morgan fingerprint density at radius 3 is 2.41 bits per heavy atom. The lowest BCUT2D eigenvalue weighted by atomic mass is 10.1. The average molecular weight is 244 g/mol. The number of esters is 1. The Kier molecular flexibility index (Phi) is 3.20. The number of ether oxygens (including phenoxy) is 3. The largest absolute Gasteiger partial charge is 0.450 e. The van der Waals surface area contributed by atoms with Gasteiger partial charge in [0, 0.05) is 0 Å². The smallest absolute Gasteiger partial charge is 0.378 e. The van der Waals surface area contributed by atoms with Crippen molar-refractivity contribution in [3.05, 3.63) is 0 Å². The molecule has 1 N–H and O–H groups in total. The third-order valence-electron chi connectivity index (χ3n) is 3.34. The van der Waals surface area contributed by atoms with Gasteiger partial charge in [-0.1, -0.05) is 13.8 Å². The van der Waals surface area contributed by atoms with Crippen LogP contribution in [0.1, 0.15) is 26.7 Å². The number of carbonyl (C=O) groups is 2. The Labute approximate surface area is 98.8 Å². The summed E-state index contributed by atoms with van der Waals surface area (Å²) in [5.74, 6) is -2.61. The van der Waals surface area contributed by atoms with Crippen molar-refractivity contribution in [3.8, 4) is 0 Å². The average Bonchev–Trinajstić information content (AvgIpc) is 2.87. The summed E-state index contributed by atoms with van der Waals surface area (Å²) in [4.78, 5) is 22.2. The Morgan fingerprint density at radius 2 is 2.00 bits per heavy atom. The van der Waals surface area contributed by atoms with Crippen LogP contribution in [0.2, 0.25) is 0 Å². The molecule has 0 bridgehead atoms. The predicted octanol–water partition coefficient (Wildman–Crippen LogP) is -0.227. The number of hydrogen-bond donors (Lipinski definition) is 1. The number of Topliss-reactive ketones (excluding diaryl/α,β-unsaturated/α-hetero) is 1. The van der Waals surface area contributed by atoms with Gasteiger partial charge in [-0.2, -0.15) is 0 Å². The molecule has 0 aromatic rings. The fourth-order valence-electron chi connectivity index (χ4n) is 2.16. The number of rotatable bonds is 3. The number of carbonyl (C=O) groups excluding carboxylic acids is 2. The Morgan fingerprint density at radius 1 is 1.35 bits per heavy atom. The molecule has 2 rings (SSSR count). The molecule has 2 aliphatic rings. The summed E-state index contributed by atoms with van der Waals surface area (Å²) in [6, 6.07) is 0. The van der Waals surface area contributed by atoms with Gasteiger partial charge < -0.3 is 19.3 Å². The first kappa shape index (κ1) is 12.5. The number of hydrogen-bond acceptors (Lipinski definition) is 6. The maximum Gasteiger partial charge on any atom is 0.378 e. The van der Waals surface area contributed by atoms with E-state index in [1.54, 1.807) is 0 Å². The number of aliphatic hydroxyl groups excluding tert-OH is 1. The lowest BCUT2D eigenvalue weighted by Gasteiger charge is -2.26. The maximum absolute atomic E-state index is 11.2. The summed E-state index contributed by atoms with van der Waals surface area (Å²) in [5, 5.41) is 9.57. The second-order valence-electron chi connectivity index (χ2n) is 4.26. The molecule has 0 aliphatic carbocycles. The van der Waals surface area contributed by atoms with Crippen LogP contribution in [-0.4, -0.2) is 47.6 Å². The molecule has 0 saturated carbocycles. The molecule has 2 heterocycles. The second-order valence-corrected chi connectivity index (χ2v) is 4.26. The number of cyclic esters (lactones) is 1. The normalized spacial score (nSPS) is 36.3. The summed E-state index contributed by atoms with van der Waals surface area (Å²) in [5.41, 5.74) is 0. The van der Waals surface area contributed by atoms with Crippen molar-refractivity contribution in [2.75, 3.05) is 6.61 Å². The molecular formula is C11H16O6. The lowest BCUT2D eigenvalue weighted by molar-refractivity contribution is -0.188. The van der Waals surface area contributed by atoms with Crippen molar-refractivity contribution >= 4 is 11.8 Å². The zero-order valence-corrected chi connectivity index (χ0v) is 9.84. The Bertz CT molecular complexity index is 335. The molecule has 6 nitrogen and oxygen atoms in total. The summed E-state index contributed by atoms with van der Waals surface area (Å²) < 4.78 is 16.0. The molecule has 6 heteroatoms. The summed E-state index contributed by atoms with van der Waals surface area (Å²) in [7, 11) is 0. The molecule has 17 heavy (non-hydrogen) atoms. The van der Waals surface area contributed by atoms with Crippen molar-refractivity contribution < 1.29 is 28.9 Å². The summed E-state index contributed by atoms with van der Waals surface area (Å²) in [6.45, 7) is 4.06. The topological polar surface area (TPSA) is 82.1 Å². The van der Waals surface area contributed by atoms with Crippen LogP contribution in [-0.2, 0) is 23.8 Å². The van der Waals surface area contributed by atoms with Gasteiger partial charge in [-0.05, 0) is 12.8 Å². The van der Waals surface area contributed by atoms with E-state index in [-0.39, 0.29) is 6.61 Å². The monoisotopic (exact) mass is 244 g/mol. The minimum atomic E-state index is -1.44. The van der Waals surface area contributed by atoms with Crippen LogP contribution in [0.25, 0.3) is 0 Å². The van der Waals surface area contributed by atoms with Crippen LogP contribution >= 0.6 is 0 Å². The van der Waals surface area contributed by atoms with Gasteiger partial charge in [0.25, 0.3) is 5.78 Å². The van der Waals surface area contributed by atoms with E-state index in [4.69, 9.17) is 14.2 Å². The van der Waals surface area contributed by atoms with Gasteiger partial charge in [0.05, 0.1) is 6.61 Å². The van der Waals surface area contributed by atoms with Crippen LogP contribution in [0.15, 0.2) is 0 Å². The third kappa shape index (κ3) is 1.96. The zero-order valence-electron chi connectivity index (χ0n) is 9.84. The highest BCUT2D eigenvalue weighted by Crippen LogP contribution is 2.34. The fraction of sp³-hybridized carbons (Fsp3) is 0.818. The molecule has 1 unspecified atom stereocenters. The van der Waals surface area contributed by atoms with Crippen LogP contribution in [0.5, 0.6) is 0 Å². The second kappa shape index (κ2) is 4.36. The van der Waals surface area contributed by atoms with E-state index in [9.17, 15) is 14.7 Å². The van der Waals surface area contributed by atoms with Gasteiger partial charge in [0.15, 0.2) is 18.0 Å². The van der Waals surface area contributed by atoms with Gasteiger partial charge in [0.2, 0.25) is 0 Å². The van der Waals surface area contributed by atoms with Gasteiger partial charge in [0.1, 0.15) is 6.10 Å². The molecule has 2 aliphatic heterocycles. The van der Waals surface area contributed by atoms with Crippen LogP contribution in [0, 0.1) is 0 Å². The van der Waals surface area contributed by atoms with Crippen molar-refractivity contribution in [2.24, 2.45) is 0 Å². The van der Waals surface area contributed by atoms with Gasteiger partial charge >= 0.3 is 5.97 Å². The van der Waals surface area contributed by atoms with Gasteiger partial charge in [-0.25, -0.2) is 4.79 Å². The third-order valence-corrected chi connectivity index (χ3v) is 3.34. The molecule has 0 spiro atoms. The summed E-state index contributed by atoms with van der Waals surface area (Å²) in [6.07, 6.45) is -1.66. The highest BCUT2D eigenvalue weighted by molar-refractivity contribution is 6.37. The minimum Gasteiger partial charge on any atom is -0.450 e. The highest BCUT2D eigenvalue weighted by atomic mass is 16.8. The van der Waals surface area contributed by atoms with E-state index in [0.29, 0.717) is 12.8 Å². The van der Waals surface area contributed by atoms with E-state index in [2.05, 4.69) is 0 Å². The lowest BCUT2D eigenvalue weighted by Crippen LogP contribution is -2.40. The van der Waals surface area contributed by atoms with E-state index in [1.807, 2.05) is 13.8 Å². The molecule has 0 aromatic carbocycles. The maximum atomic E-state index is 11.2.